The molecule has 1 aliphatic rings. The van der Waals surface area contributed by atoms with E-state index < -0.39 is 0 Å². The molecular formula is C13H16BNO. The van der Waals surface area contributed by atoms with Crippen LogP contribution in [0.1, 0.15) is 18.4 Å². The van der Waals surface area contributed by atoms with Crippen molar-refractivity contribution in [2.24, 2.45) is 0 Å². The van der Waals surface area contributed by atoms with Crippen molar-refractivity contribution >= 4 is 13.6 Å². The quantitative estimate of drug-likeness (QED) is 0.698. The highest BCUT2D eigenvalue weighted by molar-refractivity contribution is 6.24. The third-order valence-corrected chi connectivity index (χ3v) is 3.09. The molecule has 1 heterocycles. The summed E-state index contributed by atoms with van der Waals surface area (Å²) in [4.78, 5) is 13.8. The second-order valence-corrected chi connectivity index (χ2v) is 4.37. The van der Waals surface area contributed by atoms with E-state index in [1.807, 2.05) is 18.2 Å². The number of ketones is 1. The van der Waals surface area contributed by atoms with Crippen LogP contribution in [0.4, 0.5) is 0 Å². The Labute approximate surface area is 98.1 Å². The van der Waals surface area contributed by atoms with Crippen LogP contribution in [0.25, 0.3) is 0 Å². The molecule has 16 heavy (non-hydrogen) atoms. The van der Waals surface area contributed by atoms with Gasteiger partial charge in [-0.2, -0.15) is 0 Å². The van der Waals surface area contributed by atoms with Gasteiger partial charge in [0.25, 0.3) is 0 Å². The first-order valence-corrected chi connectivity index (χ1v) is 5.80. The fraction of sp³-hybridized carbons (Fsp3) is 0.462. The molecule has 1 unspecified atom stereocenters. The number of rotatable bonds is 2. The molecule has 82 valence electrons. The van der Waals surface area contributed by atoms with Crippen LogP contribution in [0, 0.1) is 0 Å². The standard InChI is InChI=1S/C13H16BNO/c14-12-6-8-15(9-7-13(12)16)10-11-4-2-1-3-5-11/h1-5,12H,6-10H2. The second-order valence-electron chi connectivity index (χ2n) is 4.37. The molecule has 0 amide bonds. The Morgan fingerprint density at radius 2 is 2.00 bits per heavy atom. The van der Waals surface area contributed by atoms with Gasteiger partial charge in [-0.25, -0.2) is 0 Å². The van der Waals surface area contributed by atoms with Gasteiger partial charge in [0.2, 0.25) is 0 Å². The van der Waals surface area contributed by atoms with Gasteiger partial charge < -0.3 is 4.79 Å². The average molecular weight is 213 g/mol. The highest BCUT2D eigenvalue weighted by Crippen LogP contribution is 2.17. The summed E-state index contributed by atoms with van der Waals surface area (Å²) < 4.78 is 0. The average Bonchev–Trinajstić information content (AvgIpc) is 2.46. The SMILES string of the molecule is [B]C1CCN(Cc2ccccc2)CCC1=O. The largest absolute Gasteiger partial charge is 0.300 e. The maximum absolute atomic E-state index is 11.5. The fourth-order valence-corrected chi connectivity index (χ4v) is 2.05. The lowest BCUT2D eigenvalue weighted by Gasteiger charge is -2.19. The number of benzene rings is 1. The predicted octanol–water partition coefficient (Wildman–Crippen LogP) is 1.81. The van der Waals surface area contributed by atoms with Gasteiger partial charge in [-0.15, -0.1) is 0 Å². The van der Waals surface area contributed by atoms with E-state index in [9.17, 15) is 4.79 Å². The number of Topliss-reactive ketones (excluding diaryl/α,β-unsaturated/α-hetero) is 1. The van der Waals surface area contributed by atoms with Gasteiger partial charge in [-0.05, 0) is 24.3 Å². The zero-order valence-electron chi connectivity index (χ0n) is 9.43. The van der Waals surface area contributed by atoms with Crippen LogP contribution in [-0.4, -0.2) is 31.6 Å². The Morgan fingerprint density at radius 1 is 1.25 bits per heavy atom. The molecule has 2 rings (SSSR count). The molecule has 2 nitrogen and oxygen atoms in total. The van der Waals surface area contributed by atoms with E-state index in [2.05, 4.69) is 17.0 Å². The van der Waals surface area contributed by atoms with E-state index in [4.69, 9.17) is 7.85 Å². The minimum atomic E-state index is -0.249. The molecule has 0 N–H and O–H groups in total. The molecule has 1 saturated heterocycles. The van der Waals surface area contributed by atoms with Gasteiger partial charge in [0.05, 0.1) is 7.85 Å². The van der Waals surface area contributed by atoms with Crippen LogP contribution >= 0.6 is 0 Å². The monoisotopic (exact) mass is 213 g/mol. The summed E-state index contributed by atoms with van der Waals surface area (Å²) in [5.41, 5.74) is 1.30. The van der Waals surface area contributed by atoms with Crippen molar-refractivity contribution in [3.05, 3.63) is 35.9 Å². The first-order chi connectivity index (χ1) is 7.75. The Hall–Kier alpha value is -1.09. The fourth-order valence-electron chi connectivity index (χ4n) is 2.05. The maximum atomic E-state index is 11.5. The first kappa shape index (κ1) is 11.4. The minimum Gasteiger partial charge on any atom is -0.300 e. The first-order valence-electron chi connectivity index (χ1n) is 5.80. The summed E-state index contributed by atoms with van der Waals surface area (Å²) in [6.45, 7) is 2.67. The predicted molar refractivity (Wildman–Crippen MR) is 65.5 cm³/mol. The molecule has 1 aromatic rings. The molecule has 0 bridgehead atoms. The molecule has 1 fully saturated rings. The third-order valence-electron chi connectivity index (χ3n) is 3.09. The normalized spacial score (nSPS) is 23.0. The van der Waals surface area contributed by atoms with Crippen molar-refractivity contribution < 1.29 is 4.79 Å². The molecule has 0 aliphatic carbocycles. The number of likely N-dealkylation sites (tertiary alicyclic amines) is 1. The van der Waals surface area contributed by atoms with Gasteiger partial charge in [0.15, 0.2) is 0 Å². The van der Waals surface area contributed by atoms with E-state index >= 15 is 0 Å². The summed E-state index contributed by atoms with van der Waals surface area (Å²) in [5, 5.41) is 0. The van der Waals surface area contributed by atoms with Crippen molar-refractivity contribution in [1.29, 1.82) is 0 Å². The van der Waals surface area contributed by atoms with Gasteiger partial charge in [0.1, 0.15) is 5.78 Å². The van der Waals surface area contributed by atoms with Crippen molar-refractivity contribution in [2.45, 2.75) is 25.2 Å². The number of nitrogens with zero attached hydrogens (tertiary/aromatic N) is 1. The van der Waals surface area contributed by atoms with E-state index in [-0.39, 0.29) is 11.6 Å². The van der Waals surface area contributed by atoms with Crippen molar-refractivity contribution in [2.75, 3.05) is 13.1 Å². The minimum absolute atomic E-state index is 0.204. The Balaban J connectivity index is 1.94. The third kappa shape index (κ3) is 2.95. The van der Waals surface area contributed by atoms with Crippen molar-refractivity contribution in [3.8, 4) is 0 Å². The summed E-state index contributed by atoms with van der Waals surface area (Å²) in [6, 6.07) is 10.3. The van der Waals surface area contributed by atoms with E-state index in [0.717, 1.165) is 26.1 Å². The van der Waals surface area contributed by atoms with Crippen molar-refractivity contribution in [1.82, 2.24) is 4.90 Å². The Bertz CT molecular complexity index is 352. The number of carbonyl (C=O) groups excluding carboxylic acids is 1. The molecule has 0 aromatic heterocycles. The summed E-state index contributed by atoms with van der Waals surface area (Å²) >= 11 is 0. The Morgan fingerprint density at radius 3 is 2.75 bits per heavy atom. The zero-order chi connectivity index (χ0) is 11.4. The smallest absolute Gasteiger partial charge is 0.128 e. The number of carbonyl (C=O) groups is 1. The lowest BCUT2D eigenvalue weighted by atomic mass is 9.80. The number of hydrogen-bond donors (Lipinski definition) is 0. The molecule has 2 radical (unpaired) electrons. The maximum Gasteiger partial charge on any atom is 0.128 e. The highest BCUT2D eigenvalue weighted by Gasteiger charge is 2.19. The molecular weight excluding hydrogens is 197 g/mol. The van der Waals surface area contributed by atoms with Crippen LogP contribution in [0.15, 0.2) is 30.3 Å². The zero-order valence-corrected chi connectivity index (χ0v) is 9.43. The van der Waals surface area contributed by atoms with Crippen molar-refractivity contribution in [3.63, 3.8) is 0 Å². The molecule has 0 saturated carbocycles. The topological polar surface area (TPSA) is 20.3 Å². The van der Waals surface area contributed by atoms with Crippen LogP contribution in [0.5, 0.6) is 0 Å². The molecule has 1 aliphatic heterocycles. The van der Waals surface area contributed by atoms with Gasteiger partial charge in [-0.3, -0.25) is 4.90 Å². The molecule has 1 aromatic carbocycles. The lowest BCUT2D eigenvalue weighted by molar-refractivity contribution is -0.118. The van der Waals surface area contributed by atoms with Crippen LogP contribution in [-0.2, 0) is 11.3 Å². The molecule has 1 atom stereocenters. The molecule has 0 spiro atoms. The van der Waals surface area contributed by atoms with E-state index in [1.54, 1.807) is 0 Å². The van der Waals surface area contributed by atoms with E-state index in [0.29, 0.717) is 6.42 Å². The van der Waals surface area contributed by atoms with Gasteiger partial charge >= 0.3 is 0 Å². The summed E-state index contributed by atoms with van der Waals surface area (Å²) in [5.74, 6) is -0.0451. The van der Waals surface area contributed by atoms with Crippen LogP contribution in [0.3, 0.4) is 0 Å². The lowest BCUT2D eigenvalue weighted by Crippen LogP contribution is -2.24. The van der Waals surface area contributed by atoms with Gasteiger partial charge in [0, 0.05) is 19.5 Å². The highest BCUT2D eigenvalue weighted by atomic mass is 16.1. The Kier molecular flexibility index (Phi) is 3.78. The summed E-state index contributed by atoms with van der Waals surface area (Å²) in [6.07, 6.45) is 1.37. The molecule has 3 heteroatoms. The summed E-state index contributed by atoms with van der Waals surface area (Å²) in [7, 11) is 5.76. The van der Waals surface area contributed by atoms with Crippen LogP contribution in [0.2, 0.25) is 5.82 Å². The van der Waals surface area contributed by atoms with E-state index in [1.165, 1.54) is 5.56 Å². The second kappa shape index (κ2) is 5.31. The van der Waals surface area contributed by atoms with Gasteiger partial charge in [-0.1, -0.05) is 30.3 Å². The van der Waals surface area contributed by atoms with Crippen LogP contribution < -0.4 is 0 Å². The number of hydrogen-bond acceptors (Lipinski definition) is 2.